The molecule has 0 unspecified atom stereocenters. The van der Waals surface area contributed by atoms with Gasteiger partial charge in [0.15, 0.2) is 0 Å². The van der Waals surface area contributed by atoms with Gasteiger partial charge >= 0.3 is 0 Å². The molecule has 0 spiro atoms. The van der Waals surface area contributed by atoms with Crippen LogP contribution in [0.25, 0.3) is 0 Å². The Morgan fingerprint density at radius 2 is 1.56 bits per heavy atom. The summed E-state index contributed by atoms with van der Waals surface area (Å²) in [7, 11) is 0. The van der Waals surface area contributed by atoms with Crippen molar-refractivity contribution in [3.63, 3.8) is 0 Å². The first-order valence-corrected chi connectivity index (χ1v) is 6.04. The van der Waals surface area contributed by atoms with Crippen molar-refractivity contribution in [1.29, 1.82) is 0 Å². The lowest BCUT2D eigenvalue weighted by molar-refractivity contribution is 0.416. The number of rotatable bonds is 2. The molecule has 0 fully saturated rings. The Morgan fingerprint density at radius 3 is 2.17 bits per heavy atom. The van der Waals surface area contributed by atoms with E-state index in [-0.39, 0.29) is 11.2 Å². The lowest BCUT2D eigenvalue weighted by Gasteiger charge is -2.23. The molecule has 0 atom stereocenters. The molecule has 0 aliphatic rings. The third-order valence-electron chi connectivity index (χ3n) is 2.73. The Balaban J connectivity index is 2.43. The van der Waals surface area contributed by atoms with Crippen LogP contribution in [0.4, 0.5) is 0 Å². The van der Waals surface area contributed by atoms with E-state index in [1.807, 2.05) is 36.4 Å². The molecular weight excluding hydrogens is 224 g/mol. The van der Waals surface area contributed by atoms with E-state index in [4.69, 9.17) is 4.74 Å². The number of benzene rings is 2. The molecule has 2 aromatic rings. The Labute approximate surface area is 108 Å². The number of phenols is 1. The van der Waals surface area contributed by atoms with Crippen LogP contribution in [0.1, 0.15) is 26.3 Å². The zero-order chi connectivity index (χ0) is 13.2. The van der Waals surface area contributed by atoms with Crippen molar-refractivity contribution in [1.82, 2.24) is 0 Å². The van der Waals surface area contributed by atoms with Gasteiger partial charge in [-0.2, -0.15) is 0 Å². The van der Waals surface area contributed by atoms with Gasteiger partial charge in [-0.05, 0) is 29.7 Å². The Hall–Kier alpha value is -1.96. The molecule has 2 heteroatoms. The molecule has 2 aromatic carbocycles. The normalized spacial score (nSPS) is 11.3. The van der Waals surface area contributed by atoms with Crippen LogP contribution in [0, 0.1) is 0 Å². The number of para-hydroxylation sites is 1. The Morgan fingerprint density at radius 1 is 0.889 bits per heavy atom. The average Bonchev–Trinajstić information content (AvgIpc) is 2.28. The minimum atomic E-state index is -0.171. The molecule has 2 nitrogen and oxygen atoms in total. The van der Waals surface area contributed by atoms with E-state index in [0.29, 0.717) is 5.75 Å². The van der Waals surface area contributed by atoms with Crippen molar-refractivity contribution < 1.29 is 9.84 Å². The van der Waals surface area contributed by atoms with Gasteiger partial charge in [0.05, 0.1) is 0 Å². The Kier molecular flexibility index (Phi) is 3.28. The van der Waals surface area contributed by atoms with Gasteiger partial charge in [0.1, 0.15) is 17.2 Å². The minimum Gasteiger partial charge on any atom is -0.508 e. The fraction of sp³-hybridized carbons (Fsp3) is 0.250. The third-order valence-corrected chi connectivity index (χ3v) is 2.73. The quantitative estimate of drug-likeness (QED) is 0.841. The lowest BCUT2D eigenvalue weighted by atomic mass is 9.85. The monoisotopic (exact) mass is 242 g/mol. The van der Waals surface area contributed by atoms with Gasteiger partial charge in [0, 0.05) is 5.56 Å². The van der Waals surface area contributed by atoms with Gasteiger partial charge in [-0.25, -0.2) is 0 Å². The number of hydrogen-bond donors (Lipinski definition) is 1. The molecule has 94 valence electrons. The zero-order valence-electron chi connectivity index (χ0n) is 11.0. The van der Waals surface area contributed by atoms with Crippen molar-refractivity contribution in [2.45, 2.75) is 26.2 Å². The molecule has 1 N–H and O–H groups in total. The van der Waals surface area contributed by atoms with Crippen LogP contribution in [0.15, 0.2) is 48.5 Å². The second-order valence-corrected chi connectivity index (χ2v) is 5.32. The number of ether oxygens (including phenoxy) is 1. The predicted molar refractivity (Wildman–Crippen MR) is 73.3 cm³/mol. The molecule has 0 saturated carbocycles. The van der Waals surface area contributed by atoms with Crippen molar-refractivity contribution in [2.24, 2.45) is 0 Å². The lowest BCUT2D eigenvalue weighted by Crippen LogP contribution is -2.12. The summed E-state index contributed by atoms with van der Waals surface area (Å²) in [4.78, 5) is 0. The molecule has 0 aliphatic heterocycles. The van der Waals surface area contributed by atoms with Crippen LogP contribution < -0.4 is 4.74 Å². The fourth-order valence-corrected chi connectivity index (χ4v) is 1.97. The smallest absolute Gasteiger partial charge is 0.134 e. The highest BCUT2D eigenvalue weighted by atomic mass is 16.5. The molecule has 0 saturated heterocycles. The van der Waals surface area contributed by atoms with Gasteiger partial charge in [-0.3, -0.25) is 0 Å². The summed E-state index contributed by atoms with van der Waals surface area (Å²) in [5.41, 5.74) is 0.656. The highest BCUT2D eigenvalue weighted by Crippen LogP contribution is 2.39. The summed E-state index contributed by atoms with van der Waals surface area (Å²) in [6, 6.07) is 15.0. The van der Waals surface area contributed by atoms with Crippen molar-refractivity contribution >= 4 is 0 Å². The molecule has 0 heterocycles. The number of aromatic hydroxyl groups is 1. The van der Waals surface area contributed by atoms with Crippen molar-refractivity contribution in [2.75, 3.05) is 0 Å². The molecule has 0 aromatic heterocycles. The maximum Gasteiger partial charge on any atom is 0.134 e. The van der Waals surface area contributed by atoms with Gasteiger partial charge < -0.3 is 9.84 Å². The minimum absolute atomic E-state index is 0.171. The molecule has 0 radical (unpaired) electrons. The SMILES string of the molecule is CC(C)(C)c1c(O)cccc1Oc1ccccc1. The third kappa shape index (κ3) is 2.65. The second-order valence-electron chi connectivity index (χ2n) is 5.32. The maximum absolute atomic E-state index is 10.0. The fourth-order valence-electron chi connectivity index (χ4n) is 1.97. The summed E-state index contributed by atoms with van der Waals surface area (Å²) in [6.07, 6.45) is 0. The van der Waals surface area contributed by atoms with E-state index in [1.165, 1.54) is 0 Å². The molecule has 2 rings (SSSR count). The second kappa shape index (κ2) is 4.73. The number of phenolic OH excluding ortho intramolecular Hbond substituents is 1. The van der Waals surface area contributed by atoms with Crippen molar-refractivity contribution in [3.05, 3.63) is 54.1 Å². The van der Waals surface area contributed by atoms with E-state index >= 15 is 0 Å². The van der Waals surface area contributed by atoms with Gasteiger partial charge in [-0.15, -0.1) is 0 Å². The summed E-state index contributed by atoms with van der Waals surface area (Å²) in [5, 5.41) is 10.0. The van der Waals surface area contributed by atoms with Crippen LogP contribution in [0.5, 0.6) is 17.2 Å². The Bertz CT molecular complexity index is 525. The van der Waals surface area contributed by atoms with E-state index in [9.17, 15) is 5.11 Å². The summed E-state index contributed by atoms with van der Waals surface area (Å²) in [5.74, 6) is 1.75. The first kappa shape index (κ1) is 12.5. The summed E-state index contributed by atoms with van der Waals surface area (Å²) < 4.78 is 5.86. The van der Waals surface area contributed by atoms with Gasteiger partial charge in [0.25, 0.3) is 0 Å². The summed E-state index contributed by atoms with van der Waals surface area (Å²) in [6.45, 7) is 6.17. The van der Waals surface area contributed by atoms with E-state index in [1.54, 1.807) is 12.1 Å². The molecular formula is C16H18O2. The average molecular weight is 242 g/mol. The molecule has 0 bridgehead atoms. The van der Waals surface area contributed by atoms with Crippen LogP contribution >= 0.6 is 0 Å². The van der Waals surface area contributed by atoms with Crippen LogP contribution in [-0.4, -0.2) is 5.11 Å². The van der Waals surface area contributed by atoms with Crippen molar-refractivity contribution in [3.8, 4) is 17.2 Å². The van der Waals surface area contributed by atoms with Crippen LogP contribution in [-0.2, 0) is 5.41 Å². The largest absolute Gasteiger partial charge is 0.508 e. The van der Waals surface area contributed by atoms with E-state index in [0.717, 1.165) is 11.3 Å². The summed E-state index contributed by atoms with van der Waals surface area (Å²) >= 11 is 0. The highest BCUT2D eigenvalue weighted by molar-refractivity contribution is 5.49. The van der Waals surface area contributed by atoms with E-state index in [2.05, 4.69) is 20.8 Å². The first-order chi connectivity index (χ1) is 8.48. The first-order valence-electron chi connectivity index (χ1n) is 6.04. The van der Waals surface area contributed by atoms with Gasteiger partial charge in [0.2, 0.25) is 0 Å². The predicted octanol–water partition coefficient (Wildman–Crippen LogP) is 4.48. The zero-order valence-corrected chi connectivity index (χ0v) is 11.0. The maximum atomic E-state index is 10.0. The number of hydrogen-bond acceptors (Lipinski definition) is 2. The highest BCUT2D eigenvalue weighted by Gasteiger charge is 2.23. The van der Waals surface area contributed by atoms with Gasteiger partial charge in [-0.1, -0.05) is 45.0 Å². The van der Waals surface area contributed by atoms with Crippen LogP contribution in [0.2, 0.25) is 0 Å². The molecule has 18 heavy (non-hydrogen) atoms. The van der Waals surface area contributed by atoms with E-state index < -0.39 is 0 Å². The molecule has 0 aliphatic carbocycles. The topological polar surface area (TPSA) is 29.5 Å². The standard InChI is InChI=1S/C16H18O2/c1-16(2,3)15-13(17)10-7-11-14(15)18-12-8-5-4-6-9-12/h4-11,17H,1-3H3. The molecule has 0 amide bonds. The van der Waals surface area contributed by atoms with Crippen LogP contribution in [0.3, 0.4) is 0 Å².